The first-order chi connectivity index (χ1) is 13.3. The van der Waals surface area contributed by atoms with Crippen LogP contribution in [0.5, 0.6) is 0 Å². The largest absolute Gasteiger partial charge is 0.339 e. The molecule has 0 bridgehead atoms. The molecule has 0 saturated heterocycles. The molecule has 7 heteroatoms. The first-order valence-corrected chi connectivity index (χ1v) is 9.25. The van der Waals surface area contributed by atoms with Gasteiger partial charge in [0.2, 0.25) is 0 Å². The Balaban J connectivity index is 1.44. The standard InChI is InChI=1S/C20H17N5OS/c26-20(23-15-6-5-11-21-14-15)24-22-12-13-25-16-7-1-3-9-18(16)27-19-10-4-2-8-17(19)25/h1-12,14H,13H2,(H2,23,24,26)/b22-12+. The van der Waals surface area contributed by atoms with Crippen molar-refractivity contribution in [1.29, 1.82) is 0 Å². The number of hydrogen-bond acceptors (Lipinski definition) is 5. The molecule has 1 aromatic heterocycles. The van der Waals surface area contributed by atoms with E-state index in [1.807, 2.05) is 24.3 Å². The number of fused-ring (bicyclic) bond motifs is 2. The van der Waals surface area contributed by atoms with E-state index in [0.717, 1.165) is 11.4 Å². The molecule has 134 valence electrons. The summed E-state index contributed by atoms with van der Waals surface area (Å²) in [6.07, 6.45) is 4.91. The minimum Gasteiger partial charge on any atom is -0.334 e. The van der Waals surface area contributed by atoms with Gasteiger partial charge < -0.3 is 10.2 Å². The number of hydrogen-bond donors (Lipinski definition) is 2. The number of nitrogens with one attached hydrogen (secondary N) is 2. The number of rotatable bonds is 4. The lowest BCUT2D eigenvalue weighted by Crippen LogP contribution is -2.26. The maximum Gasteiger partial charge on any atom is 0.339 e. The summed E-state index contributed by atoms with van der Waals surface area (Å²) in [5.41, 5.74) is 5.35. The number of urea groups is 1. The van der Waals surface area contributed by atoms with Gasteiger partial charge in [-0.3, -0.25) is 4.98 Å². The van der Waals surface area contributed by atoms with Crippen molar-refractivity contribution in [2.45, 2.75) is 9.79 Å². The molecule has 0 atom stereocenters. The normalized spacial score (nSPS) is 12.4. The van der Waals surface area contributed by atoms with Crippen molar-refractivity contribution in [2.75, 3.05) is 16.8 Å². The molecule has 1 aliphatic rings. The molecule has 2 heterocycles. The Morgan fingerprint density at radius 1 is 1.04 bits per heavy atom. The van der Waals surface area contributed by atoms with Gasteiger partial charge in [0.05, 0.1) is 29.8 Å². The van der Waals surface area contributed by atoms with Crippen LogP contribution in [0, 0.1) is 0 Å². The molecule has 0 fully saturated rings. The number of benzene rings is 2. The summed E-state index contributed by atoms with van der Waals surface area (Å²) in [4.78, 5) is 20.4. The fourth-order valence-electron chi connectivity index (χ4n) is 2.80. The van der Waals surface area contributed by atoms with Crippen LogP contribution in [0.25, 0.3) is 0 Å². The zero-order chi connectivity index (χ0) is 18.5. The molecule has 0 radical (unpaired) electrons. The van der Waals surface area contributed by atoms with Gasteiger partial charge in [0.25, 0.3) is 0 Å². The van der Waals surface area contributed by atoms with E-state index in [0.29, 0.717) is 12.2 Å². The monoisotopic (exact) mass is 375 g/mol. The van der Waals surface area contributed by atoms with Crippen LogP contribution in [0.15, 0.2) is 87.9 Å². The SMILES string of the molecule is O=C(N/N=C/CN1c2ccccc2Sc2ccccc21)Nc1cccnc1. The lowest BCUT2D eigenvalue weighted by molar-refractivity contribution is 0.252. The Kier molecular flexibility index (Phi) is 5.02. The summed E-state index contributed by atoms with van der Waals surface area (Å²) in [6, 6.07) is 19.6. The predicted octanol–water partition coefficient (Wildman–Crippen LogP) is 4.49. The molecule has 0 unspecified atom stereocenters. The van der Waals surface area contributed by atoms with Crippen molar-refractivity contribution < 1.29 is 4.79 Å². The van der Waals surface area contributed by atoms with E-state index >= 15 is 0 Å². The Morgan fingerprint density at radius 3 is 2.41 bits per heavy atom. The lowest BCUT2D eigenvalue weighted by atomic mass is 10.2. The van der Waals surface area contributed by atoms with Crippen molar-refractivity contribution in [3.8, 4) is 0 Å². The lowest BCUT2D eigenvalue weighted by Gasteiger charge is -2.31. The number of hydrazone groups is 1. The maximum atomic E-state index is 11.9. The Bertz CT molecular complexity index is 931. The van der Waals surface area contributed by atoms with Gasteiger partial charge in [-0.05, 0) is 36.4 Å². The smallest absolute Gasteiger partial charge is 0.334 e. The molecule has 27 heavy (non-hydrogen) atoms. The highest BCUT2D eigenvalue weighted by Crippen LogP contribution is 2.47. The molecule has 0 aliphatic carbocycles. The number of para-hydroxylation sites is 2. The topological polar surface area (TPSA) is 69.6 Å². The second-order valence-corrected chi connectivity index (χ2v) is 6.85. The van der Waals surface area contributed by atoms with Gasteiger partial charge in [-0.15, -0.1) is 0 Å². The van der Waals surface area contributed by atoms with Crippen molar-refractivity contribution >= 4 is 41.1 Å². The first-order valence-electron chi connectivity index (χ1n) is 8.43. The van der Waals surface area contributed by atoms with E-state index in [9.17, 15) is 4.79 Å². The first kappa shape index (κ1) is 17.1. The minimum atomic E-state index is -0.408. The predicted molar refractivity (Wildman–Crippen MR) is 109 cm³/mol. The van der Waals surface area contributed by atoms with Gasteiger partial charge in [-0.2, -0.15) is 5.10 Å². The maximum absolute atomic E-state index is 11.9. The zero-order valence-electron chi connectivity index (χ0n) is 14.4. The van der Waals surface area contributed by atoms with Crippen LogP contribution < -0.4 is 15.6 Å². The average molecular weight is 375 g/mol. The fraction of sp³-hybridized carbons (Fsp3) is 0.0500. The summed E-state index contributed by atoms with van der Waals surface area (Å²) in [7, 11) is 0. The molecule has 0 spiro atoms. The van der Waals surface area contributed by atoms with Gasteiger partial charge in [0, 0.05) is 22.2 Å². The number of anilines is 3. The van der Waals surface area contributed by atoms with Crippen LogP contribution in [0.4, 0.5) is 21.9 Å². The van der Waals surface area contributed by atoms with Gasteiger partial charge in [-0.25, -0.2) is 10.2 Å². The van der Waals surface area contributed by atoms with Crippen LogP contribution in [-0.4, -0.2) is 23.8 Å². The highest BCUT2D eigenvalue weighted by Gasteiger charge is 2.21. The fourth-order valence-corrected chi connectivity index (χ4v) is 3.90. The number of pyridine rings is 1. The number of nitrogens with zero attached hydrogens (tertiary/aromatic N) is 3. The van der Waals surface area contributed by atoms with Crippen LogP contribution in [0.2, 0.25) is 0 Å². The third kappa shape index (κ3) is 3.93. The van der Waals surface area contributed by atoms with Crippen molar-refractivity contribution in [1.82, 2.24) is 10.4 Å². The Hall–Kier alpha value is -3.32. The van der Waals surface area contributed by atoms with Gasteiger partial charge in [-0.1, -0.05) is 36.0 Å². The summed E-state index contributed by atoms with van der Waals surface area (Å²) in [6.45, 7) is 0.543. The third-order valence-corrected chi connectivity index (χ3v) is 5.10. The molecule has 0 saturated carbocycles. The zero-order valence-corrected chi connectivity index (χ0v) is 15.2. The van der Waals surface area contributed by atoms with E-state index < -0.39 is 6.03 Å². The van der Waals surface area contributed by atoms with Crippen molar-refractivity contribution in [2.24, 2.45) is 5.10 Å². The van der Waals surface area contributed by atoms with Crippen LogP contribution in [0.3, 0.4) is 0 Å². The van der Waals surface area contributed by atoms with Crippen LogP contribution in [-0.2, 0) is 0 Å². The second-order valence-electron chi connectivity index (χ2n) is 5.77. The average Bonchev–Trinajstić information content (AvgIpc) is 2.71. The molecule has 2 N–H and O–H groups in total. The minimum absolute atomic E-state index is 0.408. The molecule has 4 rings (SSSR count). The molecule has 3 aromatic rings. The summed E-state index contributed by atoms with van der Waals surface area (Å²) < 4.78 is 0. The molecule has 2 amide bonds. The number of aromatic nitrogens is 1. The number of amides is 2. The van der Waals surface area contributed by atoms with Gasteiger partial charge >= 0.3 is 6.03 Å². The molecule has 2 aromatic carbocycles. The summed E-state index contributed by atoms with van der Waals surface area (Å²) in [5.74, 6) is 0. The number of carbonyl (C=O) groups excluding carboxylic acids is 1. The molecule has 1 aliphatic heterocycles. The third-order valence-electron chi connectivity index (χ3n) is 3.97. The van der Waals surface area contributed by atoms with E-state index in [2.05, 4.69) is 50.0 Å². The highest BCUT2D eigenvalue weighted by molar-refractivity contribution is 7.99. The van der Waals surface area contributed by atoms with Crippen LogP contribution >= 0.6 is 11.8 Å². The quantitative estimate of drug-likeness (QED) is 0.521. The molecule has 6 nitrogen and oxygen atoms in total. The van der Waals surface area contributed by atoms with Gasteiger partial charge in [0.15, 0.2) is 0 Å². The van der Waals surface area contributed by atoms with E-state index in [1.165, 1.54) is 9.79 Å². The Labute approximate surface area is 161 Å². The molecular formula is C20H17N5OS. The summed E-state index contributed by atoms with van der Waals surface area (Å²) in [5, 5.41) is 6.72. The molecular weight excluding hydrogens is 358 g/mol. The van der Waals surface area contributed by atoms with E-state index in [-0.39, 0.29) is 0 Å². The van der Waals surface area contributed by atoms with E-state index in [1.54, 1.807) is 42.5 Å². The summed E-state index contributed by atoms with van der Waals surface area (Å²) >= 11 is 1.76. The van der Waals surface area contributed by atoms with E-state index in [4.69, 9.17) is 0 Å². The number of carbonyl (C=O) groups is 1. The Morgan fingerprint density at radius 2 is 1.74 bits per heavy atom. The van der Waals surface area contributed by atoms with Gasteiger partial charge in [0.1, 0.15) is 0 Å². The highest BCUT2D eigenvalue weighted by atomic mass is 32.2. The second kappa shape index (κ2) is 7.92. The van der Waals surface area contributed by atoms with Crippen LogP contribution in [0.1, 0.15) is 0 Å². The van der Waals surface area contributed by atoms with Crippen molar-refractivity contribution in [3.63, 3.8) is 0 Å². The van der Waals surface area contributed by atoms with Crippen molar-refractivity contribution in [3.05, 3.63) is 73.1 Å².